The molecule has 52 heavy (non-hydrogen) atoms. The van der Waals surface area contributed by atoms with Crippen LogP contribution < -0.4 is 20.7 Å². The van der Waals surface area contributed by atoms with E-state index in [0.717, 1.165) is 22.3 Å². The van der Waals surface area contributed by atoms with Crippen LogP contribution in [-0.4, -0.2) is 65.5 Å². The number of carbonyl (C=O) groups excluding carboxylic acids is 3. The smallest absolute Gasteiger partial charge is 0.407 e. The molecule has 280 valence electrons. The number of ether oxygens (including phenoxy) is 2. The van der Waals surface area contributed by atoms with Crippen molar-refractivity contribution < 1.29 is 46.9 Å². The molecule has 10 nitrogen and oxygen atoms in total. The number of hydrogen-bond acceptors (Lipinski definition) is 6. The number of benzene rings is 3. The topological polar surface area (TPSA) is 143 Å². The molecular weight excluding hydrogens is 679 g/mol. The zero-order chi connectivity index (χ0) is 38.2. The summed E-state index contributed by atoms with van der Waals surface area (Å²) in [5, 5.41) is 16.9. The fraction of sp³-hybridized carbons (Fsp3) is 0.436. The third-order valence-corrected chi connectivity index (χ3v) is 8.86. The van der Waals surface area contributed by atoms with E-state index in [2.05, 4.69) is 16.0 Å². The molecule has 0 radical (unpaired) electrons. The predicted molar refractivity (Wildman–Crippen MR) is 189 cm³/mol. The zero-order valence-corrected chi connectivity index (χ0v) is 29.9. The van der Waals surface area contributed by atoms with Crippen molar-refractivity contribution in [3.63, 3.8) is 0 Å². The lowest BCUT2D eigenvalue weighted by molar-refractivity contribution is -0.148. The lowest BCUT2D eigenvalue weighted by Crippen LogP contribution is -2.58. The van der Waals surface area contributed by atoms with Gasteiger partial charge in [0.1, 0.15) is 36.1 Å². The summed E-state index contributed by atoms with van der Waals surface area (Å²) in [5.41, 5.74) is 4.28. The number of alkyl carbamates (subject to hydrolysis) is 1. The molecule has 0 fully saturated rings. The van der Waals surface area contributed by atoms with E-state index in [1.165, 1.54) is 0 Å². The average molecular weight is 726 g/mol. The van der Waals surface area contributed by atoms with Gasteiger partial charge in [0.2, 0.25) is 11.8 Å². The second kappa shape index (κ2) is 17.0. The van der Waals surface area contributed by atoms with E-state index in [1.54, 1.807) is 38.1 Å². The number of hydrogen-bond donors (Lipinski definition) is 4. The van der Waals surface area contributed by atoms with E-state index >= 15 is 0 Å². The summed E-state index contributed by atoms with van der Waals surface area (Å²) in [4.78, 5) is 52.3. The second-order valence-electron chi connectivity index (χ2n) is 14.0. The Hall–Kier alpha value is -5.07. The number of carbonyl (C=O) groups is 4. The third kappa shape index (κ3) is 11.0. The predicted octanol–water partition coefficient (Wildman–Crippen LogP) is 6.76. The van der Waals surface area contributed by atoms with Crippen molar-refractivity contribution in [3.05, 3.63) is 89.5 Å². The molecule has 4 rings (SSSR count). The largest absolute Gasteiger partial charge is 0.488 e. The Balaban J connectivity index is 1.53. The Morgan fingerprint density at radius 1 is 0.808 bits per heavy atom. The van der Waals surface area contributed by atoms with Crippen LogP contribution in [0.25, 0.3) is 11.1 Å². The molecule has 0 unspecified atom stereocenters. The molecule has 4 atom stereocenters. The van der Waals surface area contributed by atoms with Gasteiger partial charge in [0.25, 0.3) is 0 Å². The van der Waals surface area contributed by atoms with Crippen LogP contribution in [0.4, 0.5) is 18.0 Å². The van der Waals surface area contributed by atoms with Gasteiger partial charge in [0.15, 0.2) is 0 Å². The molecule has 0 spiro atoms. The summed E-state index contributed by atoms with van der Waals surface area (Å²) in [6.07, 6.45) is -7.47. The minimum atomic E-state index is -4.63. The SMILES string of the molecule is CC[C@H](C)[C@H](NC(=O)[C@H](Cc1ccc(OC(C)(C)C)cc1)NC(=O)OCC1c2ccccc2-c2ccccc21)C(=O)N[C@@H](CCC(F)(F)F)C(=O)O. The number of carboxylic acid groups (broad SMARTS) is 1. The van der Waals surface area contributed by atoms with Gasteiger partial charge in [-0.05, 0) is 73.1 Å². The summed E-state index contributed by atoms with van der Waals surface area (Å²) in [6.45, 7) is 9.07. The minimum absolute atomic E-state index is 0.0144. The Kier molecular flexibility index (Phi) is 13.0. The van der Waals surface area contributed by atoms with Crippen molar-refractivity contribution in [3.8, 4) is 16.9 Å². The van der Waals surface area contributed by atoms with Crippen LogP contribution in [0.3, 0.4) is 0 Å². The molecule has 4 N–H and O–H groups in total. The van der Waals surface area contributed by atoms with Gasteiger partial charge < -0.3 is 30.5 Å². The maximum atomic E-state index is 13.9. The van der Waals surface area contributed by atoms with Gasteiger partial charge >= 0.3 is 18.2 Å². The Labute approximate surface area is 301 Å². The molecule has 1 aliphatic rings. The van der Waals surface area contributed by atoms with Crippen molar-refractivity contribution in [2.45, 2.75) is 96.1 Å². The first-order valence-corrected chi connectivity index (χ1v) is 17.3. The summed E-state index contributed by atoms with van der Waals surface area (Å²) >= 11 is 0. The fourth-order valence-corrected chi connectivity index (χ4v) is 6.06. The molecule has 1 aliphatic carbocycles. The van der Waals surface area contributed by atoms with E-state index in [-0.39, 0.29) is 18.9 Å². The highest BCUT2D eigenvalue weighted by atomic mass is 19.4. The number of nitrogens with one attached hydrogen (secondary N) is 3. The minimum Gasteiger partial charge on any atom is -0.488 e. The molecule has 0 saturated carbocycles. The molecular formula is C39H46F3N3O7. The molecule has 0 heterocycles. The second-order valence-corrected chi connectivity index (χ2v) is 14.0. The molecule has 0 bridgehead atoms. The number of aliphatic carboxylic acids is 1. The summed E-state index contributed by atoms with van der Waals surface area (Å²) in [7, 11) is 0. The van der Waals surface area contributed by atoms with Crippen LogP contribution in [0.15, 0.2) is 72.8 Å². The summed E-state index contributed by atoms with van der Waals surface area (Å²) in [6, 6.07) is 18.2. The van der Waals surface area contributed by atoms with Gasteiger partial charge in [0, 0.05) is 18.8 Å². The van der Waals surface area contributed by atoms with Crippen molar-refractivity contribution in [1.29, 1.82) is 0 Å². The van der Waals surface area contributed by atoms with E-state index in [0.29, 0.717) is 17.7 Å². The lowest BCUT2D eigenvalue weighted by atomic mass is 9.96. The van der Waals surface area contributed by atoms with Gasteiger partial charge in [-0.2, -0.15) is 13.2 Å². The average Bonchev–Trinajstić information content (AvgIpc) is 3.40. The standard InChI is InChI=1S/C39H46F3N3O7/c1-6-23(2)33(35(47)43-31(36(48)49)19-20-39(40,41)42)45-34(46)32(21-24-15-17-25(18-16-24)52-38(3,4)5)44-37(50)51-22-30-28-13-9-7-11-26(28)27-12-8-10-14-29(27)30/h7-18,23,30-33H,6,19-22H2,1-5H3,(H,43,47)(H,44,50)(H,45,46)(H,48,49)/t23-,31-,32-,33-/m0/s1. The van der Waals surface area contributed by atoms with Crippen LogP contribution in [0.1, 0.15) is 76.5 Å². The molecule has 0 saturated heterocycles. The van der Waals surface area contributed by atoms with Crippen LogP contribution in [0.2, 0.25) is 0 Å². The maximum absolute atomic E-state index is 13.9. The first-order chi connectivity index (χ1) is 24.5. The van der Waals surface area contributed by atoms with Crippen LogP contribution in [0.5, 0.6) is 5.75 Å². The van der Waals surface area contributed by atoms with Crippen molar-refractivity contribution >= 4 is 23.9 Å². The van der Waals surface area contributed by atoms with Crippen LogP contribution in [0, 0.1) is 5.92 Å². The third-order valence-electron chi connectivity index (χ3n) is 8.86. The lowest BCUT2D eigenvalue weighted by Gasteiger charge is -2.28. The quantitative estimate of drug-likeness (QED) is 0.136. The number of halogens is 3. The maximum Gasteiger partial charge on any atom is 0.407 e. The van der Waals surface area contributed by atoms with E-state index in [1.807, 2.05) is 69.3 Å². The van der Waals surface area contributed by atoms with E-state index in [9.17, 15) is 37.5 Å². The van der Waals surface area contributed by atoms with Gasteiger partial charge in [0.05, 0.1) is 0 Å². The molecule has 0 aliphatic heterocycles. The van der Waals surface area contributed by atoms with E-state index < -0.39 is 72.5 Å². The Morgan fingerprint density at radius 3 is 1.90 bits per heavy atom. The highest BCUT2D eigenvalue weighted by Gasteiger charge is 2.36. The van der Waals surface area contributed by atoms with E-state index in [4.69, 9.17) is 9.47 Å². The van der Waals surface area contributed by atoms with Crippen molar-refractivity contribution in [2.24, 2.45) is 5.92 Å². The highest BCUT2D eigenvalue weighted by Crippen LogP contribution is 2.44. The Morgan fingerprint density at radius 2 is 1.38 bits per heavy atom. The fourth-order valence-electron chi connectivity index (χ4n) is 6.06. The van der Waals surface area contributed by atoms with Gasteiger partial charge in [-0.15, -0.1) is 0 Å². The van der Waals surface area contributed by atoms with Gasteiger partial charge in [-0.3, -0.25) is 9.59 Å². The zero-order valence-electron chi connectivity index (χ0n) is 29.9. The molecule has 0 aromatic heterocycles. The number of alkyl halides is 3. The summed E-state index contributed by atoms with van der Waals surface area (Å²) < 4.78 is 50.2. The van der Waals surface area contributed by atoms with Gasteiger partial charge in [-0.1, -0.05) is 80.9 Å². The first-order valence-electron chi connectivity index (χ1n) is 17.3. The molecule has 3 aromatic rings. The number of rotatable bonds is 15. The normalized spacial score (nSPS) is 14.9. The summed E-state index contributed by atoms with van der Waals surface area (Å²) in [5.74, 6) is -3.56. The van der Waals surface area contributed by atoms with Crippen molar-refractivity contribution in [1.82, 2.24) is 16.0 Å². The van der Waals surface area contributed by atoms with Crippen LogP contribution in [-0.2, 0) is 25.5 Å². The number of amides is 3. The molecule has 3 aromatic carbocycles. The van der Waals surface area contributed by atoms with Gasteiger partial charge in [-0.25, -0.2) is 9.59 Å². The molecule has 3 amide bonds. The van der Waals surface area contributed by atoms with Crippen LogP contribution >= 0.6 is 0 Å². The number of carboxylic acids is 1. The highest BCUT2D eigenvalue weighted by molar-refractivity contribution is 5.93. The molecule has 13 heteroatoms. The van der Waals surface area contributed by atoms with Crippen molar-refractivity contribution in [2.75, 3.05) is 6.61 Å². The first kappa shape index (κ1) is 39.7. The Bertz CT molecular complexity index is 1680. The number of fused-ring (bicyclic) bond motifs is 3. The monoisotopic (exact) mass is 725 g/mol.